The van der Waals surface area contributed by atoms with Crippen molar-refractivity contribution in [2.75, 3.05) is 5.73 Å². The SMILES string of the molecule is CCCCC.CCCCc1ccc(N)cc1. The highest BCUT2D eigenvalue weighted by atomic mass is 14.5. The van der Waals surface area contributed by atoms with E-state index in [4.69, 9.17) is 5.73 Å². The maximum absolute atomic E-state index is 5.56. The number of nitrogens with two attached hydrogens (primary N) is 1. The van der Waals surface area contributed by atoms with Crippen LogP contribution >= 0.6 is 0 Å². The maximum atomic E-state index is 5.56. The van der Waals surface area contributed by atoms with Crippen molar-refractivity contribution in [3.05, 3.63) is 29.8 Å². The fourth-order valence-corrected chi connectivity index (χ4v) is 1.42. The molecule has 0 radical (unpaired) electrons. The summed E-state index contributed by atoms with van der Waals surface area (Å²) in [5.41, 5.74) is 7.80. The average molecular weight is 221 g/mol. The van der Waals surface area contributed by atoms with E-state index in [9.17, 15) is 0 Å². The minimum Gasteiger partial charge on any atom is -0.399 e. The second-order valence-corrected chi connectivity index (χ2v) is 4.20. The number of benzene rings is 1. The van der Waals surface area contributed by atoms with Crippen LogP contribution in [0.2, 0.25) is 0 Å². The fourth-order valence-electron chi connectivity index (χ4n) is 1.42. The molecule has 0 bridgehead atoms. The smallest absolute Gasteiger partial charge is 0.0314 e. The van der Waals surface area contributed by atoms with Crippen LogP contribution in [0, 0.1) is 0 Å². The number of nitrogen functional groups attached to an aromatic ring is 1. The standard InChI is InChI=1S/C10H15N.C5H12/c1-2-3-4-9-5-7-10(11)8-6-9;1-3-5-4-2/h5-8H,2-4,11H2,1H3;3-5H2,1-2H3. The molecule has 0 aliphatic rings. The maximum Gasteiger partial charge on any atom is 0.0314 e. The Hall–Kier alpha value is -0.980. The third-order valence-electron chi connectivity index (χ3n) is 2.51. The van der Waals surface area contributed by atoms with E-state index in [0.717, 1.165) is 5.69 Å². The zero-order chi connectivity index (χ0) is 12.2. The van der Waals surface area contributed by atoms with Gasteiger partial charge in [0.25, 0.3) is 0 Å². The Labute approximate surface area is 101 Å². The summed E-state index contributed by atoms with van der Waals surface area (Å²) >= 11 is 0. The molecule has 1 heteroatoms. The van der Waals surface area contributed by atoms with E-state index in [0.29, 0.717) is 0 Å². The van der Waals surface area contributed by atoms with Crippen LogP contribution in [-0.2, 0) is 6.42 Å². The molecule has 1 nitrogen and oxygen atoms in total. The third-order valence-corrected chi connectivity index (χ3v) is 2.51. The van der Waals surface area contributed by atoms with Gasteiger partial charge in [0.05, 0.1) is 0 Å². The van der Waals surface area contributed by atoms with Crippen LogP contribution in [0.4, 0.5) is 5.69 Å². The van der Waals surface area contributed by atoms with Crippen molar-refractivity contribution >= 4 is 5.69 Å². The highest BCUT2D eigenvalue weighted by Crippen LogP contribution is 2.08. The van der Waals surface area contributed by atoms with Gasteiger partial charge in [0, 0.05) is 5.69 Å². The predicted octanol–water partition coefficient (Wildman–Crippen LogP) is 4.81. The number of hydrogen-bond acceptors (Lipinski definition) is 1. The van der Waals surface area contributed by atoms with E-state index in [2.05, 4.69) is 32.9 Å². The molecule has 1 aromatic carbocycles. The Balaban J connectivity index is 0.000000385. The molecule has 0 saturated carbocycles. The van der Waals surface area contributed by atoms with Crippen LogP contribution in [0.25, 0.3) is 0 Å². The first kappa shape index (κ1) is 15.0. The van der Waals surface area contributed by atoms with Gasteiger partial charge >= 0.3 is 0 Å². The van der Waals surface area contributed by atoms with Gasteiger partial charge < -0.3 is 5.73 Å². The van der Waals surface area contributed by atoms with Crippen LogP contribution in [0.3, 0.4) is 0 Å². The van der Waals surface area contributed by atoms with Gasteiger partial charge in [0.1, 0.15) is 0 Å². The molecule has 0 saturated heterocycles. The summed E-state index contributed by atoms with van der Waals surface area (Å²) in [5, 5.41) is 0. The molecule has 1 rings (SSSR count). The Bertz CT molecular complexity index is 236. The van der Waals surface area contributed by atoms with E-state index < -0.39 is 0 Å². The Morgan fingerprint density at radius 1 is 0.812 bits per heavy atom. The predicted molar refractivity (Wildman–Crippen MR) is 74.7 cm³/mol. The molecule has 0 aliphatic heterocycles. The van der Waals surface area contributed by atoms with Crippen LogP contribution in [-0.4, -0.2) is 0 Å². The Morgan fingerprint density at radius 3 is 1.69 bits per heavy atom. The monoisotopic (exact) mass is 221 g/mol. The Kier molecular flexibility index (Phi) is 9.89. The molecule has 16 heavy (non-hydrogen) atoms. The van der Waals surface area contributed by atoms with Crippen LogP contribution in [0.1, 0.15) is 58.4 Å². The van der Waals surface area contributed by atoms with Crippen LogP contribution in [0.15, 0.2) is 24.3 Å². The molecule has 0 fully saturated rings. The number of aryl methyl sites for hydroxylation is 1. The van der Waals surface area contributed by atoms with Crippen molar-refractivity contribution < 1.29 is 0 Å². The van der Waals surface area contributed by atoms with Crippen molar-refractivity contribution in [2.24, 2.45) is 0 Å². The second-order valence-electron chi connectivity index (χ2n) is 4.20. The first-order valence-electron chi connectivity index (χ1n) is 6.58. The molecule has 0 heterocycles. The zero-order valence-corrected chi connectivity index (χ0v) is 11.1. The van der Waals surface area contributed by atoms with Gasteiger partial charge in [-0.15, -0.1) is 0 Å². The van der Waals surface area contributed by atoms with Gasteiger partial charge in [-0.25, -0.2) is 0 Å². The van der Waals surface area contributed by atoms with Crippen molar-refractivity contribution in [3.63, 3.8) is 0 Å². The Morgan fingerprint density at radius 2 is 1.31 bits per heavy atom. The molecule has 1 aromatic rings. The van der Waals surface area contributed by atoms with Crippen LogP contribution < -0.4 is 5.73 Å². The van der Waals surface area contributed by atoms with E-state index in [1.54, 1.807) is 0 Å². The van der Waals surface area contributed by atoms with Gasteiger partial charge in [-0.2, -0.15) is 0 Å². The first-order valence-corrected chi connectivity index (χ1v) is 6.58. The van der Waals surface area contributed by atoms with E-state index in [1.165, 1.54) is 44.1 Å². The molecule has 0 spiro atoms. The summed E-state index contributed by atoms with van der Waals surface area (Å²) in [6.45, 7) is 6.63. The summed E-state index contributed by atoms with van der Waals surface area (Å²) in [7, 11) is 0. The van der Waals surface area contributed by atoms with Crippen molar-refractivity contribution in [2.45, 2.75) is 59.3 Å². The van der Waals surface area contributed by atoms with Crippen molar-refractivity contribution in [1.82, 2.24) is 0 Å². The van der Waals surface area contributed by atoms with Gasteiger partial charge in [-0.05, 0) is 30.5 Å². The van der Waals surface area contributed by atoms with Gasteiger partial charge in [-0.3, -0.25) is 0 Å². The minimum absolute atomic E-state index is 0.852. The molecule has 2 N–H and O–H groups in total. The summed E-state index contributed by atoms with van der Waals surface area (Å²) in [5.74, 6) is 0. The van der Waals surface area contributed by atoms with Gasteiger partial charge in [0.2, 0.25) is 0 Å². The van der Waals surface area contributed by atoms with Crippen molar-refractivity contribution in [1.29, 1.82) is 0 Å². The summed E-state index contributed by atoms with van der Waals surface area (Å²) in [4.78, 5) is 0. The fraction of sp³-hybridized carbons (Fsp3) is 0.600. The molecule has 0 atom stereocenters. The number of unbranched alkanes of at least 4 members (excludes halogenated alkanes) is 3. The average Bonchev–Trinajstić information content (AvgIpc) is 2.30. The van der Waals surface area contributed by atoms with Gasteiger partial charge in [0.15, 0.2) is 0 Å². The van der Waals surface area contributed by atoms with Crippen molar-refractivity contribution in [3.8, 4) is 0 Å². The van der Waals surface area contributed by atoms with Gasteiger partial charge in [-0.1, -0.05) is 58.6 Å². The largest absolute Gasteiger partial charge is 0.399 e. The normalized spacial score (nSPS) is 9.44. The summed E-state index contributed by atoms with van der Waals surface area (Å²) in [6, 6.07) is 8.13. The summed E-state index contributed by atoms with van der Waals surface area (Å²) < 4.78 is 0. The van der Waals surface area contributed by atoms with E-state index in [-0.39, 0.29) is 0 Å². The second kappa shape index (κ2) is 10.5. The van der Waals surface area contributed by atoms with E-state index >= 15 is 0 Å². The lowest BCUT2D eigenvalue weighted by Gasteiger charge is -1.99. The molecule has 92 valence electrons. The lowest BCUT2D eigenvalue weighted by molar-refractivity contribution is 0.772. The number of rotatable bonds is 5. The zero-order valence-electron chi connectivity index (χ0n) is 11.1. The van der Waals surface area contributed by atoms with E-state index in [1.807, 2.05) is 12.1 Å². The molecule has 0 unspecified atom stereocenters. The number of anilines is 1. The topological polar surface area (TPSA) is 26.0 Å². The molecule has 0 aliphatic carbocycles. The highest BCUT2D eigenvalue weighted by molar-refractivity contribution is 5.39. The minimum atomic E-state index is 0.852. The molecule has 0 aromatic heterocycles. The lowest BCUT2D eigenvalue weighted by Crippen LogP contribution is -1.87. The number of hydrogen-bond donors (Lipinski definition) is 1. The highest BCUT2D eigenvalue weighted by Gasteiger charge is 1.90. The molecular weight excluding hydrogens is 194 g/mol. The van der Waals surface area contributed by atoms with Crippen LogP contribution in [0.5, 0.6) is 0 Å². The quantitative estimate of drug-likeness (QED) is 0.710. The molecular formula is C15H27N. The summed E-state index contributed by atoms with van der Waals surface area (Å²) in [6.07, 6.45) is 7.78. The lowest BCUT2D eigenvalue weighted by atomic mass is 10.1. The molecule has 0 amide bonds. The first-order chi connectivity index (χ1) is 7.74. The third kappa shape index (κ3) is 8.34.